The minimum absolute atomic E-state index is 0.197. The van der Waals surface area contributed by atoms with Crippen LogP contribution in [-0.2, 0) is 0 Å². The molecule has 0 amide bonds. The Morgan fingerprint density at radius 1 is 1.20 bits per heavy atom. The van der Waals surface area contributed by atoms with Crippen LogP contribution in [0.3, 0.4) is 0 Å². The van der Waals surface area contributed by atoms with Crippen LogP contribution < -0.4 is 21.5 Å². The number of nitrogens with zero attached hydrogens (tertiary/aromatic N) is 4. The number of anilines is 2. The largest absolute Gasteiger partial charge is 0.497 e. The predicted molar refractivity (Wildman–Crippen MR) is 121 cm³/mol. The number of nitrogens with one attached hydrogen (secondary N) is 1. The number of hydrogen-bond donors (Lipinski definition) is 3. The first-order valence-electron chi connectivity index (χ1n) is 10.6. The molecule has 8 nitrogen and oxygen atoms in total. The van der Waals surface area contributed by atoms with Crippen molar-refractivity contribution in [2.75, 3.05) is 37.8 Å². The van der Waals surface area contributed by atoms with Gasteiger partial charge in [0.15, 0.2) is 11.6 Å². The average molecular weight is 410 g/mol. The van der Waals surface area contributed by atoms with Crippen LogP contribution in [0.25, 0.3) is 16.5 Å². The molecule has 4 rings (SSSR count). The highest BCUT2D eigenvalue weighted by atomic mass is 16.5. The monoisotopic (exact) mass is 409 g/mol. The summed E-state index contributed by atoms with van der Waals surface area (Å²) in [7, 11) is 1.67. The SMILES string of the molecule is COc1ccc(-n2cc3c(N)nnc(NCCCN4CCCCC4N)c3c2C)cc1. The van der Waals surface area contributed by atoms with Gasteiger partial charge in [0.2, 0.25) is 0 Å². The molecule has 1 saturated heterocycles. The van der Waals surface area contributed by atoms with Gasteiger partial charge in [-0.05, 0) is 63.4 Å². The smallest absolute Gasteiger partial charge is 0.158 e. The Bertz CT molecular complexity index is 999. The molecule has 0 radical (unpaired) electrons. The lowest BCUT2D eigenvalue weighted by atomic mass is 10.1. The van der Waals surface area contributed by atoms with Crippen LogP contribution in [0, 0.1) is 6.92 Å². The number of nitrogen functional groups attached to an aromatic ring is 1. The van der Waals surface area contributed by atoms with Crippen molar-refractivity contribution in [1.29, 1.82) is 0 Å². The van der Waals surface area contributed by atoms with Crippen molar-refractivity contribution in [2.24, 2.45) is 5.73 Å². The third kappa shape index (κ3) is 4.06. The zero-order valence-electron chi connectivity index (χ0n) is 17.8. The zero-order chi connectivity index (χ0) is 21.1. The normalized spacial score (nSPS) is 17.4. The number of rotatable bonds is 7. The number of benzene rings is 1. The topological polar surface area (TPSA) is 107 Å². The molecule has 0 aliphatic carbocycles. The molecule has 1 atom stereocenters. The van der Waals surface area contributed by atoms with E-state index in [1.165, 1.54) is 12.8 Å². The van der Waals surface area contributed by atoms with Gasteiger partial charge in [-0.25, -0.2) is 0 Å². The molecule has 0 saturated carbocycles. The number of piperidine rings is 1. The summed E-state index contributed by atoms with van der Waals surface area (Å²) in [5, 5.41) is 13.9. The molecule has 3 aromatic rings. The van der Waals surface area contributed by atoms with E-state index < -0.39 is 0 Å². The zero-order valence-corrected chi connectivity index (χ0v) is 17.8. The van der Waals surface area contributed by atoms with Gasteiger partial charge in [-0.1, -0.05) is 0 Å². The molecule has 1 aliphatic rings. The standard InChI is InChI=1S/C22H31N7O/c1-15-20-18(14-29(15)16-7-9-17(30-2)10-8-16)21(24)26-27-22(20)25-11-5-13-28-12-4-3-6-19(28)23/h7-10,14,19H,3-6,11-13,23H2,1-2H3,(H2,24,26)(H,25,27). The maximum atomic E-state index is 6.22. The van der Waals surface area contributed by atoms with E-state index in [0.29, 0.717) is 5.82 Å². The predicted octanol–water partition coefficient (Wildman–Crippen LogP) is 2.89. The molecular weight excluding hydrogens is 378 g/mol. The van der Waals surface area contributed by atoms with Crippen LogP contribution in [0.5, 0.6) is 5.75 Å². The third-order valence-electron chi connectivity index (χ3n) is 5.95. The Hall–Kier alpha value is -2.84. The van der Waals surface area contributed by atoms with Gasteiger partial charge >= 0.3 is 0 Å². The maximum Gasteiger partial charge on any atom is 0.158 e. The molecule has 1 fully saturated rings. The number of ether oxygens (including phenoxy) is 1. The van der Waals surface area contributed by atoms with Crippen LogP contribution in [0.2, 0.25) is 0 Å². The number of likely N-dealkylation sites (tertiary alicyclic amines) is 1. The number of aromatic nitrogens is 3. The second-order valence-electron chi connectivity index (χ2n) is 7.88. The molecule has 5 N–H and O–H groups in total. The fourth-order valence-electron chi connectivity index (χ4n) is 4.22. The van der Waals surface area contributed by atoms with Crippen LogP contribution in [0.15, 0.2) is 30.5 Å². The van der Waals surface area contributed by atoms with E-state index >= 15 is 0 Å². The Labute approximate surface area is 177 Å². The lowest BCUT2D eigenvalue weighted by molar-refractivity contribution is 0.152. The molecule has 2 aromatic heterocycles. The average Bonchev–Trinajstić information content (AvgIpc) is 3.12. The van der Waals surface area contributed by atoms with Crippen molar-refractivity contribution in [3.05, 3.63) is 36.2 Å². The molecule has 0 spiro atoms. The van der Waals surface area contributed by atoms with Gasteiger partial charge in [0.25, 0.3) is 0 Å². The van der Waals surface area contributed by atoms with Gasteiger partial charge in [-0.15, -0.1) is 10.2 Å². The van der Waals surface area contributed by atoms with Gasteiger partial charge in [-0.2, -0.15) is 0 Å². The van der Waals surface area contributed by atoms with Crippen LogP contribution >= 0.6 is 0 Å². The van der Waals surface area contributed by atoms with E-state index in [1.54, 1.807) is 7.11 Å². The summed E-state index contributed by atoms with van der Waals surface area (Å²) in [6, 6.07) is 7.95. The molecule has 160 valence electrons. The van der Waals surface area contributed by atoms with Crippen molar-refractivity contribution in [2.45, 2.75) is 38.8 Å². The summed E-state index contributed by atoms with van der Waals surface area (Å²) in [6.07, 6.45) is 6.79. The third-order valence-corrected chi connectivity index (χ3v) is 5.95. The summed E-state index contributed by atoms with van der Waals surface area (Å²) in [5.41, 5.74) is 14.5. The lowest BCUT2D eigenvalue weighted by Crippen LogP contribution is -2.46. The van der Waals surface area contributed by atoms with E-state index in [-0.39, 0.29) is 6.17 Å². The second kappa shape index (κ2) is 8.89. The van der Waals surface area contributed by atoms with Crippen molar-refractivity contribution in [3.8, 4) is 11.4 Å². The Kier molecular flexibility index (Phi) is 6.06. The van der Waals surface area contributed by atoms with Crippen molar-refractivity contribution in [3.63, 3.8) is 0 Å². The summed E-state index contributed by atoms with van der Waals surface area (Å²) in [6.45, 7) is 4.97. The van der Waals surface area contributed by atoms with Gasteiger partial charge in [0.05, 0.1) is 18.7 Å². The molecule has 30 heavy (non-hydrogen) atoms. The van der Waals surface area contributed by atoms with Crippen LogP contribution in [0.1, 0.15) is 31.4 Å². The Morgan fingerprint density at radius 3 is 2.73 bits per heavy atom. The van der Waals surface area contributed by atoms with Gasteiger partial charge in [0.1, 0.15) is 5.75 Å². The first-order valence-corrected chi connectivity index (χ1v) is 10.6. The number of aryl methyl sites for hydroxylation is 1. The highest BCUT2D eigenvalue weighted by Crippen LogP contribution is 2.32. The van der Waals surface area contributed by atoms with Crippen LogP contribution in [-0.4, -0.2) is 52.6 Å². The first kappa shape index (κ1) is 20.4. The lowest BCUT2D eigenvalue weighted by Gasteiger charge is -2.32. The molecule has 1 aliphatic heterocycles. The summed E-state index contributed by atoms with van der Waals surface area (Å²) >= 11 is 0. The minimum Gasteiger partial charge on any atom is -0.497 e. The van der Waals surface area contributed by atoms with Gasteiger partial charge in [0, 0.05) is 36.1 Å². The maximum absolute atomic E-state index is 6.22. The number of nitrogens with two attached hydrogens (primary N) is 2. The molecule has 1 unspecified atom stereocenters. The quantitative estimate of drug-likeness (QED) is 0.515. The minimum atomic E-state index is 0.197. The fourth-order valence-corrected chi connectivity index (χ4v) is 4.22. The highest BCUT2D eigenvalue weighted by Gasteiger charge is 2.18. The molecule has 0 bridgehead atoms. The van der Waals surface area contributed by atoms with E-state index in [0.717, 1.165) is 66.2 Å². The van der Waals surface area contributed by atoms with Gasteiger partial charge < -0.3 is 26.1 Å². The summed E-state index contributed by atoms with van der Waals surface area (Å²) < 4.78 is 7.38. The van der Waals surface area contributed by atoms with Crippen molar-refractivity contribution >= 4 is 22.4 Å². The Morgan fingerprint density at radius 2 is 2.00 bits per heavy atom. The summed E-state index contributed by atoms with van der Waals surface area (Å²) in [5.74, 6) is 2.03. The number of fused-ring (bicyclic) bond motifs is 1. The first-order chi connectivity index (χ1) is 14.6. The Balaban J connectivity index is 1.52. The molecular formula is C22H31N7O. The van der Waals surface area contributed by atoms with Crippen molar-refractivity contribution in [1.82, 2.24) is 19.7 Å². The second-order valence-corrected chi connectivity index (χ2v) is 7.88. The van der Waals surface area contributed by atoms with E-state index in [9.17, 15) is 0 Å². The number of hydrogen-bond acceptors (Lipinski definition) is 7. The highest BCUT2D eigenvalue weighted by molar-refractivity contribution is 6.00. The fraction of sp³-hybridized carbons (Fsp3) is 0.455. The molecule has 1 aromatic carbocycles. The van der Waals surface area contributed by atoms with E-state index in [1.807, 2.05) is 30.5 Å². The summed E-state index contributed by atoms with van der Waals surface area (Å²) in [4.78, 5) is 2.38. The molecule has 8 heteroatoms. The molecule has 3 heterocycles. The van der Waals surface area contributed by atoms with E-state index in [4.69, 9.17) is 16.2 Å². The van der Waals surface area contributed by atoms with Crippen LogP contribution in [0.4, 0.5) is 11.6 Å². The van der Waals surface area contributed by atoms with Gasteiger partial charge in [-0.3, -0.25) is 4.90 Å². The van der Waals surface area contributed by atoms with Crippen molar-refractivity contribution < 1.29 is 4.74 Å². The number of methoxy groups -OCH3 is 1. The van der Waals surface area contributed by atoms with E-state index in [2.05, 4.69) is 31.9 Å².